The lowest BCUT2D eigenvalue weighted by Crippen LogP contribution is -2.11. The molecule has 1 aromatic heterocycles. The SMILES string of the molecule is Oc1nc(N/N=C2/CCSc3ccccc32)sc1N=Nc1ccccc1. The van der Waals surface area contributed by atoms with Crippen LogP contribution in [-0.4, -0.2) is 21.6 Å². The molecule has 6 nitrogen and oxygen atoms in total. The van der Waals surface area contributed by atoms with Crippen molar-refractivity contribution in [1.29, 1.82) is 0 Å². The average Bonchev–Trinajstić information content (AvgIpc) is 3.05. The van der Waals surface area contributed by atoms with E-state index in [0.29, 0.717) is 15.8 Å². The molecule has 130 valence electrons. The van der Waals surface area contributed by atoms with E-state index in [-0.39, 0.29) is 5.88 Å². The summed E-state index contributed by atoms with van der Waals surface area (Å²) in [6.07, 6.45) is 0.882. The lowest BCUT2D eigenvalue weighted by atomic mass is 10.1. The molecule has 1 aliphatic heterocycles. The quantitative estimate of drug-likeness (QED) is 0.457. The first-order valence-corrected chi connectivity index (χ1v) is 9.81. The number of hydrogen-bond acceptors (Lipinski definition) is 8. The molecule has 0 bridgehead atoms. The van der Waals surface area contributed by atoms with Crippen molar-refractivity contribution in [3.05, 3.63) is 60.2 Å². The van der Waals surface area contributed by atoms with Crippen LogP contribution in [0.4, 0.5) is 15.8 Å². The summed E-state index contributed by atoms with van der Waals surface area (Å²) in [5.74, 6) is 0.842. The topological polar surface area (TPSA) is 82.2 Å². The molecule has 8 heteroatoms. The Morgan fingerprint density at radius 1 is 1.00 bits per heavy atom. The van der Waals surface area contributed by atoms with Crippen LogP contribution in [-0.2, 0) is 0 Å². The summed E-state index contributed by atoms with van der Waals surface area (Å²) in [7, 11) is 0. The minimum atomic E-state index is -0.156. The summed E-state index contributed by atoms with van der Waals surface area (Å²) in [6, 6.07) is 17.6. The van der Waals surface area contributed by atoms with Crippen molar-refractivity contribution in [3.8, 4) is 5.88 Å². The fraction of sp³-hybridized carbons (Fsp3) is 0.111. The summed E-state index contributed by atoms with van der Waals surface area (Å²) in [5, 5.41) is 23.4. The Kier molecular flexibility index (Phi) is 4.94. The van der Waals surface area contributed by atoms with E-state index in [0.717, 1.165) is 23.4 Å². The van der Waals surface area contributed by atoms with Crippen LogP contribution in [0.3, 0.4) is 0 Å². The zero-order valence-corrected chi connectivity index (χ0v) is 15.3. The van der Waals surface area contributed by atoms with E-state index < -0.39 is 0 Å². The molecular formula is C18H15N5OS2. The van der Waals surface area contributed by atoms with Gasteiger partial charge in [-0.25, -0.2) is 0 Å². The molecule has 2 N–H and O–H groups in total. The van der Waals surface area contributed by atoms with Crippen molar-refractivity contribution in [2.24, 2.45) is 15.3 Å². The van der Waals surface area contributed by atoms with Gasteiger partial charge in [0.15, 0.2) is 0 Å². The van der Waals surface area contributed by atoms with Gasteiger partial charge in [-0.15, -0.1) is 22.0 Å². The van der Waals surface area contributed by atoms with Gasteiger partial charge in [0.25, 0.3) is 5.88 Å². The Hall–Kier alpha value is -2.71. The lowest BCUT2D eigenvalue weighted by Gasteiger charge is -2.16. The molecule has 0 saturated heterocycles. The van der Waals surface area contributed by atoms with Gasteiger partial charge in [0, 0.05) is 22.6 Å². The number of hydrazone groups is 1. The van der Waals surface area contributed by atoms with E-state index in [4.69, 9.17) is 0 Å². The first kappa shape index (κ1) is 16.7. The molecule has 0 aliphatic carbocycles. The molecule has 3 aromatic rings. The largest absolute Gasteiger partial charge is 0.491 e. The maximum absolute atomic E-state index is 9.96. The molecular weight excluding hydrogens is 366 g/mol. The minimum Gasteiger partial charge on any atom is -0.491 e. The number of aromatic hydroxyl groups is 1. The predicted octanol–water partition coefficient (Wildman–Crippen LogP) is 5.58. The second-order valence-electron chi connectivity index (χ2n) is 5.45. The number of aromatic nitrogens is 1. The molecule has 0 fully saturated rings. The maximum atomic E-state index is 9.96. The zero-order valence-electron chi connectivity index (χ0n) is 13.7. The highest BCUT2D eigenvalue weighted by Gasteiger charge is 2.16. The van der Waals surface area contributed by atoms with Crippen molar-refractivity contribution < 1.29 is 5.11 Å². The van der Waals surface area contributed by atoms with Crippen LogP contribution in [0.25, 0.3) is 0 Å². The summed E-state index contributed by atoms with van der Waals surface area (Å²) in [6.45, 7) is 0. The Bertz CT molecular complexity index is 969. The molecule has 0 spiro atoms. The van der Waals surface area contributed by atoms with Gasteiger partial charge in [-0.2, -0.15) is 10.1 Å². The summed E-state index contributed by atoms with van der Waals surface area (Å²) < 4.78 is 0. The first-order valence-electron chi connectivity index (χ1n) is 8.01. The number of thioether (sulfide) groups is 1. The summed E-state index contributed by atoms with van der Waals surface area (Å²) in [5.41, 5.74) is 5.78. The third kappa shape index (κ3) is 3.76. The number of fused-ring (bicyclic) bond motifs is 1. The van der Waals surface area contributed by atoms with Crippen LogP contribution < -0.4 is 5.43 Å². The van der Waals surface area contributed by atoms with Gasteiger partial charge >= 0.3 is 0 Å². The number of benzene rings is 2. The summed E-state index contributed by atoms with van der Waals surface area (Å²) >= 11 is 3.04. The minimum absolute atomic E-state index is 0.156. The van der Waals surface area contributed by atoms with Gasteiger partial charge in [0.2, 0.25) is 10.1 Å². The molecule has 2 aromatic carbocycles. The zero-order chi connectivity index (χ0) is 17.8. The standard InChI is InChI=1S/C18H15N5OS2/c24-16-17(22-20-12-6-2-1-3-7-12)26-18(19-16)23-21-14-10-11-25-15-9-5-4-8-13(14)15/h1-9,24H,10-11H2,(H,19,23)/b21-14-,22-20?. The van der Waals surface area contributed by atoms with E-state index in [2.05, 4.69) is 37.9 Å². The van der Waals surface area contributed by atoms with Crippen LogP contribution in [0.2, 0.25) is 0 Å². The molecule has 0 saturated carbocycles. The average molecular weight is 381 g/mol. The molecule has 1 aliphatic rings. The normalized spacial score (nSPS) is 15.3. The van der Waals surface area contributed by atoms with E-state index in [1.54, 1.807) is 0 Å². The van der Waals surface area contributed by atoms with Gasteiger partial charge in [0.05, 0.1) is 11.4 Å². The fourth-order valence-corrected chi connectivity index (χ4v) is 4.13. The third-order valence-corrected chi connectivity index (χ3v) is 5.59. The highest BCUT2D eigenvalue weighted by Crippen LogP contribution is 2.37. The Morgan fingerprint density at radius 2 is 1.81 bits per heavy atom. The van der Waals surface area contributed by atoms with Gasteiger partial charge in [-0.05, 0) is 18.2 Å². The molecule has 26 heavy (non-hydrogen) atoms. The number of nitrogens with zero attached hydrogens (tertiary/aromatic N) is 4. The van der Waals surface area contributed by atoms with Gasteiger partial charge < -0.3 is 5.11 Å². The van der Waals surface area contributed by atoms with Crippen molar-refractivity contribution in [3.63, 3.8) is 0 Å². The van der Waals surface area contributed by atoms with Crippen LogP contribution in [0, 0.1) is 0 Å². The van der Waals surface area contributed by atoms with Crippen LogP contribution >= 0.6 is 23.1 Å². The third-order valence-electron chi connectivity index (χ3n) is 3.69. The molecule has 0 unspecified atom stereocenters. The number of azo groups is 1. The first-order chi connectivity index (χ1) is 12.8. The van der Waals surface area contributed by atoms with Gasteiger partial charge in [0.1, 0.15) is 0 Å². The number of rotatable bonds is 4. The number of thiazole rings is 1. The Labute approximate surface area is 158 Å². The van der Waals surface area contributed by atoms with E-state index in [1.807, 2.05) is 54.2 Å². The van der Waals surface area contributed by atoms with E-state index in [9.17, 15) is 5.11 Å². The van der Waals surface area contributed by atoms with Crippen molar-refractivity contribution >= 4 is 44.6 Å². The van der Waals surface area contributed by atoms with Gasteiger partial charge in [-0.1, -0.05) is 47.7 Å². The van der Waals surface area contributed by atoms with Gasteiger partial charge in [-0.3, -0.25) is 5.43 Å². The molecule has 0 amide bonds. The molecule has 0 radical (unpaired) electrons. The van der Waals surface area contributed by atoms with Crippen LogP contribution in [0.5, 0.6) is 5.88 Å². The molecule has 4 rings (SSSR count). The number of nitrogens with one attached hydrogen (secondary N) is 1. The maximum Gasteiger partial charge on any atom is 0.253 e. The lowest BCUT2D eigenvalue weighted by molar-refractivity contribution is 0.459. The number of anilines is 1. The second-order valence-corrected chi connectivity index (χ2v) is 7.56. The highest BCUT2D eigenvalue weighted by atomic mass is 32.2. The Morgan fingerprint density at radius 3 is 2.69 bits per heavy atom. The second kappa shape index (κ2) is 7.67. The van der Waals surface area contributed by atoms with Crippen molar-refractivity contribution in [2.75, 3.05) is 11.2 Å². The van der Waals surface area contributed by atoms with Crippen LogP contribution in [0.15, 0.2) is 74.8 Å². The monoisotopic (exact) mass is 381 g/mol. The molecule has 0 atom stereocenters. The predicted molar refractivity (Wildman–Crippen MR) is 106 cm³/mol. The van der Waals surface area contributed by atoms with E-state index in [1.165, 1.54) is 16.2 Å². The van der Waals surface area contributed by atoms with E-state index >= 15 is 0 Å². The number of hydrogen-bond donors (Lipinski definition) is 2. The fourth-order valence-electron chi connectivity index (χ4n) is 2.47. The smallest absolute Gasteiger partial charge is 0.253 e. The van der Waals surface area contributed by atoms with Crippen LogP contribution in [0.1, 0.15) is 12.0 Å². The Balaban J connectivity index is 1.51. The van der Waals surface area contributed by atoms with Crippen molar-refractivity contribution in [1.82, 2.24) is 4.98 Å². The molecule has 2 heterocycles. The summed E-state index contributed by atoms with van der Waals surface area (Å²) in [4.78, 5) is 5.30. The highest BCUT2D eigenvalue weighted by molar-refractivity contribution is 7.99. The van der Waals surface area contributed by atoms with Crippen molar-refractivity contribution in [2.45, 2.75) is 11.3 Å².